The van der Waals surface area contributed by atoms with Crippen LogP contribution in [0.4, 0.5) is 0 Å². The lowest BCUT2D eigenvalue weighted by atomic mass is 10.2. The predicted molar refractivity (Wildman–Crippen MR) is 117 cm³/mol. The van der Waals surface area contributed by atoms with Crippen molar-refractivity contribution in [3.8, 4) is 5.69 Å². The lowest BCUT2D eigenvalue weighted by molar-refractivity contribution is -0.126. The molecule has 1 unspecified atom stereocenters. The van der Waals surface area contributed by atoms with E-state index >= 15 is 0 Å². The molecule has 3 aromatic rings. The van der Waals surface area contributed by atoms with Crippen LogP contribution in [0, 0.1) is 20.8 Å². The van der Waals surface area contributed by atoms with Crippen molar-refractivity contribution in [3.05, 3.63) is 83.1 Å². The zero-order chi connectivity index (χ0) is 21.7. The molecule has 3 rings (SSSR count). The van der Waals surface area contributed by atoms with Crippen molar-refractivity contribution < 1.29 is 14.0 Å². The number of carbonyl (C=O) groups excluding carboxylic acids is 2. The predicted octanol–water partition coefficient (Wildman–Crippen LogP) is 3.83. The van der Waals surface area contributed by atoms with E-state index in [1.807, 2.05) is 19.9 Å². The number of benzene rings is 1. The molecule has 156 valence electrons. The molecule has 0 fully saturated rings. The van der Waals surface area contributed by atoms with Crippen LogP contribution in [0.3, 0.4) is 0 Å². The fourth-order valence-electron chi connectivity index (χ4n) is 3.28. The molecule has 6 heteroatoms. The van der Waals surface area contributed by atoms with Crippen LogP contribution < -0.4 is 10.6 Å². The highest BCUT2D eigenvalue weighted by molar-refractivity contribution is 5.95. The molecule has 0 radical (unpaired) electrons. The minimum atomic E-state index is -0.655. The summed E-state index contributed by atoms with van der Waals surface area (Å²) in [6, 6.07) is 13.2. The fourth-order valence-corrected chi connectivity index (χ4v) is 3.28. The van der Waals surface area contributed by atoms with Crippen molar-refractivity contribution in [2.45, 2.75) is 40.3 Å². The van der Waals surface area contributed by atoms with Gasteiger partial charge in [-0.3, -0.25) is 9.59 Å². The number of hydrogen-bond acceptors (Lipinski definition) is 3. The van der Waals surface area contributed by atoms with Crippen LogP contribution in [-0.4, -0.2) is 22.4 Å². The lowest BCUT2D eigenvalue weighted by Gasteiger charge is -2.12. The second-order valence-electron chi connectivity index (χ2n) is 7.36. The Balaban J connectivity index is 1.61. The van der Waals surface area contributed by atoms with Gasteiger partial charge in [-0.15, -0.1) is 0 Å². The van der Waals surface area contributed by atoms with Crippen molar-refractivity contribution in [2.24, 2.45) is 0 Å². The van der Waals surface area contributed by atoms with E-state index in [2.05, 4.69) is 46.4 Å². The number of amides is 2. The highest BCUT2D eigenvalue weighted by Gasteiger charge is 2.15. The summed E-state index contributed by atoms with van der Waals surface area (Å²) < 4.78 is 7.33. The maximum absolute atomic E-state index is 12.3. The summed E-state index contributed by atoms with van der Waals surface area (Å²) >= 11 is 0. The number of nitrogens with one attached hydrogen (secondary N) is 2. The molecule has 2 N–H and O–H groups in total. The Labute approximate surface area is 176 Å². The van der Waals surface area contributed by atoms with E-state index in [4.69, 9.17) is 4.42 Å². The standard InChI is InChI=1S/C24H27N3O3/c1-16-7-10-21(11-8-16)27-17(2)14-20(19(27)4)9-12-23(28)26-18(3)24(29)25-15-22-6-5-13-30-22/h5-14,18H,15H2,1-4H3,(H,25,29)(H,26,28)/b12-9+. The zero-order valence-corrected chi connectivity index (χ0v) is 17.7. The number of furan rings is 1. The Kier molecular flexibility index (Phi) is 6.57. The smallest absolute Gasteiger partial charge is 0.244 e. The van der Waals surface area contributed by atoms with Gasteiger partial charge in [0, 0.05) is 23.2 Å². The third kappa shape index (κ3) is 5.08. The number of nitrogens with zero attached hydrogens (tertiary/aromatic N) is 1. The summed E-state index contributed by atoms with van der Waals surface area (Å²) in [5, 5.41) is 5.41. The van der Waals surface area contributed by atoms with Gasteiger partial charge in [-0.1, -0.05) is 17.7 Å². The number of hydrogen-bond donors (Lipinski definition) is 2. The van der Waals surface area contributed by atoms with E-state index in [1.54, 1.807) is 31.4 Å². The molecular formula is C24H27N3O3. The maximum atomic E-state index is 12.3. The van der Waals surface area contributed by atoms with Gasteiger partial charge in [-0.05, 0) is 69.7 Å². The van der Waals surface area contributed by atoms with Crippen LogP contribution in [0.5, 0.6) is 0 Å². The van der Waals surface area contributed by atoms with E-state index in [-0.39, 0.29) is 18.4 Å². The first kappa shape index (κ1) is 21.2. The maximum Gasteiger partial charge on any atom is 0.244 e. The van der Waals surface area contributed by atoms with Crippen LogP contribution in [-0.2, 0) is 16.1 Å². The molecule has 0 spiro atoms. The van der Waals surface area contributed by atoms with E-state index < -0.39 is 6.04 Å². The van der Waals surface area contributed by atoms with Gasteiger partial charge < -0.3 is 19.6 Å². The monoisotopic (exact) mass is 405 g/mol. The highest BCUT2D eigenvalue weighted by Crippen LogP contribution is 2.22. The first-order valence-electron chi connectivity index (χ1n) is 9.90. The molecule has 1 atom stereocenters. The molecule has 30 heavy (non-hydrogen) atoms. The number of rotatable bonds is 7. The molecule has 0 aliphatic heterocycles. The number of aryl methyl sites for hydroxylation is 2. The molecule has 2 amide bonds. The van der Waals surface area contributed by atoms with Crippen molar-refractivity contribution in [1.82, 2.24) is 15.2 Å². The minimum absolute atomic E-state index is 0.273. The summed E-state index contributed by atoms with van der Waals surface area (Å²) in [7, 11) is 0. The minimum Gasteiger partial charge on any atom is -0.467 e. The molecular weight excluding hydrogens is 378 g/mol. The molecule has 0 saturated carbocycles. The first-order valence-corrected chi connectivity index (χ1v) is 9.90. The first-order chi connectivity index (χ1) is 14.3. The summed E-state index contributed by atoms with van der Waals surface area (Å²) in [5.41, 5.74) is 5.38. The Morgan fingerprint density at radius 3 is 2.53 bits per heavy atom. The quantitative estimate of drug-likeness (QED) is 0.587. The third-order valence-electron chi connectivity index (χ3n) is 4.95. The number of carbonyl (C=O) groups is 2. The summed E-state index contributed by atoms with van der Waals surface area (Å²) in [6.45, 7) is 8.05. The Hall–Kier alpha value is -3.54. The summed E-state index contributed by atoms with van der Waals surface area (Å²) in [6.07, 6.45) is 4.78. The van der Waals surface area contributed by atoms with Gasteiger partial charge >= 0.3 is 0 Å². The highest BCUT2D eigenvalue weighted by atomic mass is 16.3. The van der Waals surface area contributed by atoms with Gasteiger partial charge in [-0.2, -0.15) is 0 Å². The van der Waals surface area contributed by atoms with Crippen molar-refractivity contribution >= 4 is 17.9 Å². The Bertz CT molecular complexity index is 1040. The van der Waals surface area contributed by atoms with E-state index in [9.17, 15) is 9.59 Å². The van der Waals surface area contributed by atoms with Gasteiger partial charge in [-0.25, -0.2) is 0 Å². The van der Waals surface area contributed by atoms with Gasteiger partial charge in [0.25, 0.3) is 0 Å². The van der Waals surface area contributed by atoms with Crippen LogP contribution in [0.25, 0.3) is 11.8 Å². The number of aromatic nitrogens is 1. The van der Waals surface area contributed by atoms with Crippen molar-refractivity contribution in [3.63, 3.8) is 0 Å². The summed E-state index contributed by atoms with van der Waals surface area (Å²) in [4.78, 5) is 24.4. The van der Waals surface area contributed by atoms with Gasteiger partial charge in [0.2, 0.25) is 11.8 Å². The molecule has 0 aliphatic rings. The van der Waals surface area contributed by atoms with Gasteiger partial charge in [0.15, 0.2) is 0 Å². The zero-order valence-electron chi connectivity index (χ0n) is 17.7. The molecule has 1 aromatic carbocycles. The van der Waals surface area contributed by atoms with Crippen LogP contribution in [0.1, 0.15) is 35.2 Å². The van der Waals surface area contributed by atoms with Crippen LogP contribution in [0.15, 0.2) is 59.2 Å². The van der Waals surface area contributed by atoms with Gasteiger partial charge in [0.1, 0.15) is 11.8 Å². The largest absolute Gasteiger partial charge is 0.467 e. The average molecular weight is 405 g/mol. The molecule has 2 aromatic heterocycles. The summed E-state index contributed by atoms with van der Waals surface area (Å²) in [5.74, 6) is 0.0622. The second-order valence-corrected chi connectivity index (χ2v) is 7.36. The van der Waals surface area contributed by atoms with E-state index in [0.717, 1.165) is 22.6 Å². The normalized spacial score (nSPS) is 12.1. The molecule has 2 heterocycles. The molecule has 0 aliphatic carbocycles. The van der Waals surface area contributed by atoms with Crippen LogP contribution in [0.2, 0.25) is 0 Å². The van der Waals surface area contributed by atoms with E-state index in [0.29, 0.717) is 5.76 Å². The van der Waals surface area contributed by atoms with Crippen molar-refractivity contribution in [2.75, 3.05) is 0 Å². The molecule has 0 saturated heterocycles. The Morgan fingerprint density at radius 2 is 1.87 bits per heavy atom. The van der Waals surface area contributed by atoms with Gasteiger partial charge in [0.05, 0.1) is 12.8 Å². The second kappa shape index (κ2) is 9.31. The third-order valence-corrected chi connectivity index (χ3v) is 4.95. The molecule has 6 nitrogen and oxygen atoms in total. The SMILES string of the molecule is Cc1ccc(-n2c(C)cc(/C=C/C(=O)NC(C)C(=O)NCc3ccco3)c2C)cc1. The Morgan fingerprint density at radius 1 is 1.13 bits per heavy atom. The molecule has 0 bridgehead atoms. The lowest BCUT2D eigenvalue weighted by Crippen LogP contribution is -2.44. The van der Waals surface area contributed by atoms with Crippen molar-refractivity contribution in [1.29, 1.82) is 0 Å². The topological polar surface area (TPSA) is 76.3 Å². The van der Waals surface area contributed by atoms with Crippen LogP contribution >= 0.6 is 0 Å². The average Bonchev–Trinajstić information content (AvgIpc) is 3.33. The van der Waals surface area contributed by atoms with E-state index in [1.165, 1.54) is 11.6 Å². The fraction of sp³-hybridized carbons (Fsp3) is 0.250.